The molecular weight excluding hydrogens is 348 g/mol. The molecule has 0 bridgehead atoms. The van der Waals surface area contributed by atoms with Crippen LogP contribution in [0.15, 0.2) is 32.6 Å². The fourth-order valence-electron chi connectivity index (χ4n) is 2.99. The first kappa shape index (κ1) is 18.6. The Morgan fingerprint density at radius 2 is 2.04 bits per heavy atom. The third kappa shape index (κ3) is 3.51. The average Bonchev–Trinajstić information content (AvgIpc) is 2.88. The molecule has 0 saturated carbocycles. The van der Waals surface area contributed by atoms with Crippen molar-refractivity contribution in [1.82, 2.24) is 9.55 Å². The van der Waals surface area contributed by atoms with Crippen LogP contribution in [0.4, 0.5) is 0 Å². The van der Waals surface area contributed by atoms with Crippen molar-refractivity contribution in [3.63, 3.8) is 0 Å². The van der Waals surface area contributed by atoms with E-state index >= 15 is 0 Å². The number of nitrogens with zero attached hydrogens (tertiary/aromatic N) is 2. The maximum absolute atomic E-state index is 12.0. The van der Waals surface area contributed by atoms with Gasteiger partial charge >= 0.3 is 5.63 Å². The number of rotatable bonds is 6. The molecule has 5 nitrogen and oxygen atoms in total. The van der Waals surface area contributed by atoms with Crippen LogP contribution in [-0.4, -0.2) is 14.7 Å². The molecule has 1 aromatic carbocycles. The zero-order valence-electron chi connectivity index (χ0n) is 15.6. The highest BCUT2D eigenvalue weighted by atomic mass is 32.2. The van der Waals surface area contributed by atoms with E-state index in [1.54, 1.807) is 30.8 Å². The molecule has 6 heteroatoms. The summed E-state index contributed by atoms with van der Waals surface area (Å²) in [7, 11) is 0. The van der Waals surface area contributed by atoms with E-state index in [0.717, 1.165) is 41.2 Å². The monoisotopic (exact) mass is 372 g/mol. The summed E-state index contributed by atoms with van der Waals surface area (Å²) < 4.78 is 7.58. The number of phenols is 1. The van der Waals surface area contributed by atoms with Crippen LogP contribution < -0.4 is 5.63 Å². The largest absolute Gasteiger partial charge is 0.508 e. The Morgan fingerprint density at radius 3 is 2.77 bits per heavy atom. The van der Waals surface area contributed by atoms with Crippen LogP contribution in [0.5, 0.6) is 5.75 Å². The maximum atomic E-state index is 12.0. The number of hydrogen-bond acceptors (Lipinski definition) is 5. The van der Waals surface area contributed by atoms with Gasteiger partial charge < -0.3 is 14.1 Å². The Bertz CT molecular complexity index is 1000. The molecule has 0 radical (unpaired) electrons. The smallest absolute Gasteiger partial charge is 0.336 e. The summed E-state index contributed by atoms with van der Waals surface area (Å²) in [4.78, 5) is 16.7. The molecule has 0 amide bonds. The lowest BCUT2D eigenvalue weighted by Gasteiger charge is -2.10. The van der Waals surface area contributed by atoms with Gasteiger partial charge in [0.15, 0.2) is 5.16 Å². The van der Waals surface area contributed by atoms with E-state index in [0.29, 0.717) is 16.9 Å². The SMILES string of the molecule is CCCCn1c(SCc2cc(=O)oc3c(C)c(O)ccc23)nc(C)c1C. The topological polar surface area (TPSA) is 68.3 Å². The molecule has 1 N–H and O–H groups in total. The molecule has 0 fully saturated rings. The summed E-state index contributed by atoms with van der Waals surface area (Å²) >= 11 is 1.63. The van der Waals surface area contributed by atoms with Crippen molar-refractivity contribution in [2.75, 3.05) is 0 Å². The Morgan fingerprint density at radius 1 is 1.27 bits per heavy atom. The van der Waals surface area contributed by atoms with Crippen molar-refractivity contribution in [2.24, 2.45) is 0 Å². The van der Waals surface area contributed by atoms with Gasteiger partial charge in [-0.25, -0.2) is 9.78 Å². The van der Waals surface area contributed by atoms with Gasteiger partial charge in [0.05, 0.1) is 5.69 Å². The fraction of sp³-hybridized carbons (Fsp3) is 0.400. The van der Waals surface area contributed by atoms with Gasteiger partial charge in [0, 0.05) is 35.0 Å². The summed E-state index contributed by atoms with van der Waals surface area (Å²) in [5.74, 6) is 0.751. The molecule has 0 unspecified atom stereocenters. The van der Waals surface area contributed by atoms with Gasteiger partial charge in [-0.3, -0.25) is 0 Å². The van der Waals surface area contributed by atoms with Gasteiger partial charge in [-0.2, -0.15) is 0 Å². The second-order valence-electron chi connectivity index (χ2n) is 6.54. The Balaban J connectivity index is 1.95. The van der Waals surface area contributed by atoms with Crippen molar-refractivity contribution in [3.8, 4) is 5.75 Å². The van der Waals surface area contributed by atoms with Crippen LogP contribution in [-0.2, 0) is 12.3 Å². The Hall–Kier alpha value is -2.21. The zero-order valence-corrected chi connectivity index (χ0v) is 16.4. The number of thioether (sulfide) groups is 1. The minimum atomic E-state index is -0.400. The van der Waals surface area contributed by atoms with E-state index in [4.69, 9.17) is 9.40 Å². The number of imidazole rings is 1. The van der Waals surface area contributed by atoms with Gasteiger partial charge in [0.1, 0.15) is 11.3 Å². The zero-order chi connectivity index (χ0) is 18.8. The van der Waals surface area contributed by atoms with Crippen LogP contribution in [0.2, 0.25) is 0 Å². The van der Waals surface area contributed by atoms with Crippen molar-refractivity contribution in [1.29, 1.82) is 0 Å². The van der Waals surface area contributed by atoms with E-state index in [2.05, 4.69) is 18.4 Å². The van der Waals surface area contributed by atoms with E-state index in [-0.39, 0.29) is 5.75 Å². The number of benzene rings is 1. The lowest BCUT2D eigenvalue weighted by molar-refractivity contribution is 0.468. The van der Waals surface area contributed by atoms with E-state index in [9.17, 15) is 9.90 Å². The van der Waals surface area contributed by atoms with Gasteiger partial charge in [0.25, 0.3) is 0 Å². The third-order valence-electron chi connectivity index (χ3n) is 4.73. The van der Waals surface area contributed by atoms with Crippen molar-refractivity contribution in [3.05, 3.63) is 51.1 Å². The van der Waals surface area contributed by atoms with Crippen LogP contribution in [0.25, 0.3) is 11.0 Å². The number of aryl methyl sites for hydroxylation is 2. The van der Waals surface area contributed by atoms with E-state index in [1.165, 1.54) is 11.8 Å². The first-order chi connectivity index (χ1) is 12.4. The standard InChI is InChI=1S/C20H24N2O3S/c1-5-6-9-22-14(4)13(3)21-20(22)26-11-15-10-18(24)25-19-12(2)17(23)8-7-16(15)19/h7-8,10,23H,5-6,9,11H2,1-4H3. The molecule has 0 saturated heterocycles. The highest BCUT2D eigenvalue weighted by Crippen LogP contribution is 2.31. The first-order valence-corrected chi connectivity index (χ1v) is 9.82. The van der Waals surface area contributed by atoms with Gasteiger partial charge in [-0.1, -0.05) is 25.1 Å². The molecule has 0 spiro atoms. The molecule has 2 heterocycles. The lowest BCUT2D eigenvalue weighted by Crippen LogP contribution is -2.03. The maximum Gasteiger partial charge on any atom is 0.336 e. The predicted molar refractivity (Wildman–Crippen MR) is 105 cm³/mol. The molecule has 0 aliphatic carbocycles. The summed E-state index contributed by atoms with van der Waals surface area (Å²) in [5.41, 5.74) is 3.77. The van der Waals surface area contributed by atoms with E-state index < -0.39 is 5.63 Å². The Labute approximate surface area is 157 Å². The highest BCUT2D eigenvalue weighted by Gasteiger charge is 2.14. The van der Waals surface area contributed by atoms with Crippen LogP contribution >= 0.6 is 11.8 Å². The number of unbranched alkanes of at least 4 members (excludes halogenated alkanes) is 1. The molecule has 138 valence electrons. The summed E-state index contributed by atoms with van der Waals surface area (Å²) in [6.07, 6.45) is 2.24. The fourth-order valence-corrected chi connectivity index (χ4v) is 4.10. The molecule has 0 atom stereocenters. The Kier molecular flexibility index (Phi) is 5.41. The summed E-state index contributed by atoms with van der Waals surface area (Å²) in [6, 6.07) is 4.98. The van der Waals surface area contributed by atoms with Gasteiger partial charge in [-0.05, 0) is 44.9 Å². The minimum absolute atomic E-state index is 0.131. The number of phenolic OH excluding ortho intramolecular Hbond substituents is 1. The lowest BCUT2D eigenvalue weighted by atomic mass is 10.1. The number of aromatic hydroxyl groups is 1. The normalized spacial score (nSPS) is 11.4. The molecule has 0 aliphatic heterocycles. The van der Waals surface area contributed by atoms with Gasteiger partial charge in [-0.15, -0.1) is 0 Å². The predicted octanol–water partition coefficient (Wildman–Crippen LogP) is 4.71. The highest BCUT2D eigenvalue weighted by molar-refractivity contribution is 7.98. The molecule has 26 heavy (non-hydrogen) atoms. The quantitative estimate of drug-likeness (QED) is 0.501. The molecular formula is C20H24N2O3S. The second kappa shape index (κ2) is 7.58. The molecule has 2 aromatic heterocycles. The summed E-state index contributed by atoms with van der Waals surface area (Å²) in [6.45, 7) is 9.01. The minimum Gasteiger partial charge on any atom is -0.508 e. The van der Waals surface area contributed by atoms with Crippen molar-refractivity contribution in [2.45, 2.75) is 58.0 Å². The summed E-state index contributed by atoms with van der Waals surface area (Å²) in [5, 5.41) is 11.7. The number of aromatic nitrogens is 2. The number of fused-ring (bicyclic) bond motifs is 1. The third-order valence-corrected chi connectivity index (χ3v) is 5.76. The molecule has 0 aliphatic rings. The molecule has 3 aromatic rings. The first-order valence-electron chi connectivity index (χ1n) is 8.84. The molecule has 3 rings (SSSR count). The van der Waals surface area contributed by atoms with Crippen molar-refractivity contribution >= 4 is 22.7 Å². The van der Waals surface area contributed by atoms with Crippen LogP contribution in [0.3, 0.4) is 0 Å². The second-order valence-corrected chi connectivity index (χ2v) is 7.48. The van der Waals surface area contributed by atoms with Gasteiger partial charge in [0.2, 0.25) is 0 Å². The number of hydrogen-bond donors (Lipinski definition) is 1. The van der Waals surface area contributed by atoms with Crippen molar-refractivity contribution < 1.29 is 9.52 Å². The van der Waals surface area contributed by atoms with Crippen LogP contribution in [0.1, 0.15) is 42.3 Å². The van der Waals surface area contributed by atoms with Crippen LogP contribution in [0, 0.1) is 20.8 Å². The average molecular weight is 372 g/mol. The van der Waals surface area contributed by atoms with E-state index in [1.807, 2.05) is 6.92 Å².